The predicted octanol–water partition coefficient (Wildman–Crippen LogP) is 2.12. The van der Waals surface area contributed by atoms with Crippen LogP contribution in [-0.4, -0.2) is 45.2 Å². The molecule has 0 amide bonds. The Morgan fingerprint density at radius 2 is 2.39 bits per heavy atom. The molecule has 1 aromatic carbocycles. The van der Waals surface area contributed by atoms with E-state index in [2.05, 4.69) is 10.3 Å². The number of ether oxygens (including phenoxy) is 2. The van der Waals surface area contributed by atoms with Crippen molar-refractivity contribution in [1.29, 1.82) is 0 Å². The number of benzene rings is 1. The van der Waals surface area contributed by atoms with E-state index in [4.69, 9.17) is 9.47 Å². The molecule has 124 valence electrons. The van der Waals surface area contributed by atoms with Gasteiger partial charge >= 0.3 is 0 Å². The zero-order valence-electron chi connectivity index (χ0n) is 13.1. The third-order valence-corrected chi connectivity index (χ3v) is 4.47. The van der Waals surface area contributed by atoms with Gasteiger partial charge in [-0.3, -0.25) is 0 Å². The van der Waals surface area contributed by atoms with Crippen molar-refractivity contribution >= 4 is 11.8 Å². The van der Waals surface area contributed by atoms with Crippen molar-refractivity contribution in [3.63, 3.8) is 0 Å². The molecule has 2 heterocycles. The molecule has 3 rings (SSSR count). The Labute approximate surface area is 139 Å². The standard InChI is InChI=1S/C16H21N3O3S/c1-23-16-4-2-3-14(8-16)22-11-12-9-19(18-17-12)10-15-7-13(20)5-6-21-15/h2-4,8-9,13,15,20H,5-7,10-11H2,1H3. The van der Waals surface area contributed by atoms with Crippen molar-refractivity contribution in [1.82, 2.24) is 15.0 Å². The minimum absolute atomic E-state index is 0.00696. The summed E-state index contributed by atoms with van der Waals surface area (Å²) in [6, 6.07) is 7.96. The summed E-state index contributed by atoms with van der Waals surface area (Å²) < 4.78 is 13.1. The third-order valence-electron chi connectivity index (χ3n) is 3.74. The molecular weight excluding hydrogens is 314 g/mol. The second kappa shape index (κ2) is 7.81. The van der Waals surface area contributed by atoms with E-state index in [0.717, 1.165) is 11.4 Å². The molecule has 0 radical (unpaired) electrons. The van der Waals surface area contributed by atoms with E-state index >= 15 is 0 Å². The Bertz CT molecular complexity index is 635. The smallest absolute Gasteiger partial charge is 0.134 e. The lowest BCUT2D eigenvalue weighted by molar-refractivity contribution is -0.0512. The minimum atomic E-state index is -0.274. The first-order valence-corrected chi connectivity index (χ1v) is 8.91. The first kappa shape index (κ1) is 16.3. The molecule has 1 fully saturated rings. The summed E-state index contributed by atoms with van der Waals surface area (Å²) in [4.78, 5) is 1.17. The average Bonchev–Trinajstić information content (AvgIpc) is 3.00. The number of rotatable bonds is 6. The Morgan fingerprint density at radius 3 is 3.22 bits per heavy atom. The average molecular weight is 335 g/mol. The van der Waals surface area contributed by atoms with Crippen LogP contribution in [-0.2, 0) is 17.9 Å². The summed E-state index contributed by atoms with van der Waals surface area (Å²) in [5.74, 6) is 0.824. The summed E-state index contributed by atoms with van der Waals surface area (Å²) in [6.07, 6.45) is 4.98. The van der Waals surface area contributed by atoms with Crippen LogP contribution in [0.5, 0.6) is 5.75 Å². The van der Waals surface area contributed by atoms with Gasteiger partial charge in [0.15, 0.2) is 0 Å². The molecule has 2 aromatic rings. The van der Waals surface area contributed by atoms with Crippen LogP contribution in [0.3, 0.4) is 0 Å². The third kappa shape index (κ3) is 4.70. The van der Waals surface area contributed by atoms with Gasteiger partial charge in [-0.15, -0.1) is 16.9 Å². The molecule has 1 aliphatic rings. The fourth-order valence-electron chi connectivity index (χ4n) is 2.54. The van der Waals surface area contributed by atoms with Crippen LogP contribution >= 0.6 is 11.8 Å². The number of thioether (sulfide) groups is 1. The van der Waals surface area contributed by atoms with E-state index in [0.29, 0.717) is 32.6 Å². The van der Waals surface area contributed by atoms with Gasteiger partial charge in [0.05, 0.1) is 24.9 Å². The number of aromatic nitrogens is 3. The number of hydrogen-bond acceptors (Lipinski definition) is 6. The Kier molecular flexibility index (Phi) is 5.53. The zero-order chi connectivity index (χ0) is 16.1. The number of nitrogens with zero attached hydrogens (tertiary/aromatic N) is 3. The van der Waals surface area contributed by atoms with Crippen LogP contribution in [0.1, 0.15) is 18.5 Å². The van der Waals surface area contributed by atoms with Crippen molar-refractivity contribution in [3.05, 3.63) is 36.2 Å². The first-order chi connectivity index (χ1) is 11.2. The summed E-state index contributed by atoms with van der Waals surface area (Å²) in [6.45, 7) is 1.58. The predicted molar refractivity (Wildman–Crippen MR) is 87.6 cm³/mol. The normalized spacial score (nSPS) is 21.3. The molecule has 23 heavy (non-hydrogen) atoms. The molecule has 0 saturated carbocycles. The van der Waals surface area contributed by atoms with E-state index in [1.807, 2.05) is 36.7 Å². The van der Waals surface area contributed by atoms with E-state index in [1.165, 1.54) is 4.90 Å². The lowest BCUT2D eigenvalue weighted by Crippen LogP contribution is -2.32. The highest BCUT2D eigenvalue weighted by Crippen LogP contribution is 2.21. The first-order valence-electron chi connectivity index (χ1n) is 7.68. The van der Waals surface area contributed by atoms with Crippen LogP contribution in [0.25, 0.3) is 0 Å². The lowest BCUT2D eigenvalue weighted by Gasteiger charge is -2.26. The zero-order valence-corrected chi connectivity index (χ0v) is 13.9. The van der Waals surface area contributed by atoms with Crippen LogP contribution < -0.4 is 4.74 Å². The summed E-state index contributed by atoms with van der Waals surface area (Å²) in [7, 11) is 0. The quantitative estimate of drug-likeness (QED) is 0.816. The maximum atomic E-state index is 9.67. The van der Waals surface area contributed by atoms with Gasteiger partial charge < -0.3 is 14.6 Å². The maximum absolute atomic E-state index is 9.67. The van der Waals surface area contributed by atoms with Crippen molar-refractivity contribution in [2.45, 2.75) is 43.1 Å². The van der Waals surface area contributed by atoms with E-state index in [9.17, 15) is 5.11 Å². The maximum Gasteiger partial charge on any atom is 0.134 e. The molecule has 0 bridgehead atoms. The SMILES string of the molecule is CSc1cccc(OCc2cn(CC3CC(O)CCO3)nn2)c1. The van der Waals surface area contributed by atoms with Crippen LogP contribution in [0.15, 0.2) is 35.4 Å². The van der Waals surface area contributed by atoms with Gasteiger partial charge in [0.2, 0.25) is 0 Å². The van der Waals surface area contributed by atoms with E-state index < -0.39 is 0 Å². The van der Waals surface area contributed by atoms with Crippen LogP contribution in [0, 0.1) is 0 Å². The monoisotopic (exact) mass is 335 g/mol. The van der Waals surface area contributed by atoms with Crippen molar-refractivity contribution in [2.24, 2.45) is 0 Å². The van der Waals surface area contributed by atoms with E-state index in [-0.39, 0.29) is 12.2 Å². The summed E-state index contributed by atoms with van der Waals surface area (Å²) in [5, 5.41) is 17.9. The van der Waals surface area contributed by atoms with Crippen molar-refractivity contribution in [3.8, 4) is 5.75 Å². The van der Waals surface area contributed by atoms with Crippen molar-refractivity contribution < 1.29 is 14.6 Å². The molecule has 2 unspecified atom stereocenters. The number of hydrogen-bond donors (Lipinski definition) is 1. The van der Waals surface area contributed by atoms with Crippen LogP contribution in [0.2, 0.25) is 0 Å². The molecule has 1 saturated heterocycles. The second-order valence-corrected chi connectivity index (χ2v) is 6.45. The Morgan fingerprint density at radius 1 is 1.48 bits per heavy atom. The molecule has 6 nitrogen and oxygen atoms in total. The molecule has 1 N–H and O–H groups in total. The molecule has 1 aliphatic heterocycles. The van der Waals surface area contributed by atoms with Crippen molar-refractivity contribution in [2.75, 3.05) is 12.9 Å². The largest absolute Gasteiger partial charge is 0.487 e. The van der Waals surface area contributed by atoms with Gasteiger partial charge in [-0.1, -0.05) is 11.3 Å². The molecular formula is C16H21N3O3S. The molecule has 0 spiro atoms. The molecule has 7 heteroatoms. The Hall–Kier alpha value is -1.57. The molecule has 0 aliphatic carbocycles. The van der Waals surface area contributed by atoms with Crippen LogP contribution in [0.4, 0.5) is 0 Å². The topological polar surface area (TPSA) is 69.4 Å². The highest BCUT2D eigenvalue weighted by Gasteiger charge is 2.21. The fourth-order valence-corrected chi connectivity index (χ4v) is 2.99. The fraction of sp³-hybridized carbons (Fsp3) is 0.500. The van der Waals surface area contributed by atoms with Gasteiger partial charge in [0, 0.05) is 17.9 Å². The van der Waals surface area contributed by atoms with E-state index in [1.54, 1.807) is 16.4 Å². The van der Waals surface area contributed by atoms with Gasteiger partial charge in [-0.2, -0.15) is 0 Å². The highest BCUT2D eigenvalue weighted by atomic mass is 32.2. The minimum Gasteiger partial charge on any atom is -0.487 e. The summed E-state index contributed by atoms with van der Waals surface area (Å²) >= 11 is 1.68. The van der Waals surface area contributed by atoms with Gasteiger partial charge in [-0.25, -0.2) is 4.68 Å². The van der Waals surface area contributed by atoms with Gasteiger partial charge in [0.1, 0.15) is 18.1 Å². The van der Waals surface area contributed by atoms with Gasteiger partial charge in [0.25, 0.3) is 0 Å². The van der Waals surface area contributed by atoms with Gasteiger partial charge in [-0.05, 0) is 30.9 Å². The second-order valence-electron chi connectivity index (χ2n) is 5.57. The highest BCUT2D eigenvalue weighted by molar-refractivity contribution is 7.98. The number of aliphatic hydroxyl groups excluding tert-OH is 1. The lowest BCUT2D eigenvalue weighted by atomic mass is 10.1. The summed E-state index contributed by atoms with van der Waals surface area (Å²) in [5.41, 5.74) is 0.774. The number of aliphatic hydroxyl groups is 1. The Balaban J connectivity index is 1.52. The molecule has 2 atom stereocenters. The molecule has 1 aromatic heterocycles.